The second-order valence-corrected chi connectivity index (χ2v) is 5.09. The van der Waals surface area contributed by atoms with E-state index in [9.17, 15) is 4.79 Å². The summed E-state index contributed by atoms with van der Waals surface area (Å²) in [6, 6.07) is 3.12. The van der Waals surface area contributed by atoms with E-state index < -0.39 is 5.97 Å². The molecule has 104 valence electrons. The number of hydrogen-bond donors (Lipinski definition) is 1. The molecule has 2 atom stereocenters. The highest BCUT2D eigenvalue weighted by atomic mass is 35.5. The van der Waals surface area contributed by atoms with Crippen LogP contribution in [0.2, 0.25) is 5.15 Å². The zero-order valence-corrected chi connectivity index (χ0v) is 11.7. The van der Waals surface area contributed by atoms with Crippen LogP contribution in [0.3, 0.4) is 0 Å². The van der Waals surface area contributed by atoms with Crippen molar-refractivity contribution in [1.82, 2.24) is 4.98 Å². The van der Waals surface area contributed by atoms with E-state index >= 15 is 0 Å². The Hall–Kier alpha value is -1.33. The van der Waals surface area contributed by atoms with Crippen LogP contribution in [0.1, 0.15) is 30.6 Å². The fraction of sp³-hybridized carbons (Fsp3) is 0.538. The predicted molar refractivity (Wildman–Crippen MR) is 73.0 cm³/mol. The maximum absolute atomic E-state index is 11.1. The highest BCUT2D eigenvalue weighted by molar-refractivity contribution is 6.29. The number of carbonyl (C=O) groups is 1. The van der Waals surface area contributed by atoms with E-state index in [1.54, 1.807) is 6.07 Å². The monoisotopic (exact) mass is 284 g/mol. The summed E-state index contributed by atoms with van der Waals surface area (Å²) in [6.45, 7) is 5.36. The maximum Gasteiger partial charge on any atom is 0.335 e. The fourth-order valence-corrected chi connectivity index (χ4v) is 2.42. The van der Waals surface area contributed by atoms with Crippen molar-refractivity contribution >= 4 is 23.4 Å². The van der Waals surface area contributed by atoms with Gasteiger partial charge in [-0.1, -0.05) is 18.5 Å². The SMILES string of the molecule is CCC1COC(C)CN1c1cc(C(=O)O)cc(Cl)n1. The average molecular weight is 285 g/mol. The Balaban J connectivity index is 2.35. The Kier molecular flexibility index (Phi) is 4.27. The van der Waals surface area contributed by atoms with Crippen LogP contribution in [0.4, 0.5) is 5.82 Å². The van der Waals surface area contributed by atoms with Crippen LogP contribution in [0.25, 0.3) is 0 Å². The predicted octanol–water partition coefficient (Wildman–Crippen LogP) is 2.44. The molecule has 2 rings (SSSR count). The maximum atomic E-state index is 11.1. The molecule has 1 aromatic heterocycles. The molecule has 1 N–H and O–H groups in total. The van der Waals surface area contributed by atoms with Gasteiger partial charge in [-0.2, -0.15) is 0 Å². The fourth-order valence-electron chi connectivity index (χ4n) is 2.22. The number of rotatable bonds is 3. The van der Waals surface area contributed by atoms with Crippen molar-refractivity contribution < 1.29 is 14.6 Å². The van der Waals surface area contributed by atoms with Crippen LogP contribution in [-0.4, -0.2) is 41.4 Å². The Morgan fingerprint density at radius 3 is 3.00 bits per heavy atom. The Morgan fingerprint density at radius 2 is 2.37 bits per heavy atom. The van der Waals surface area contributed by atoms with Gasteiger partial charge >= 0.3 is 5.97 Å². The van der Waals surface area contributed by atoms with Gasteiger partial charge < -0.3 is 14.7 Å². The number of nitrogens with zero attached hydrogens (tertiary/aromatic N) is 2. The van der Waals surface area contributed by atoms with E-state index in [1.807, 2.05) is 6.92 Å². The van der Waals surface area contributed by atoms with Gasteiger partial charge in [-0.15, -0.1) is 0 Å². The smallest absolute Gasteiger partial charge is 0.335 e. The van der Waals surface area contributed by atoms with Crippen molar-refractivity contribution in [2.45, 2.75) is 32.4 Å². The summed E-state index contributed by atoms with van der Waals surface area (Å²) in [5, 5.41) is 9.28. The van der Waals surface area contributed by atoms with Crippen molar-refractivity contribution in [3.8, 4) is 0 Å². The van der Waals surface area contributed by atoms with E-state index in [2.05, 4.69) is 16.8 Å². The molecule has 0 saturated carbocycles. The van der Waals surface area contributed by atoms with Gasteiger partial charge in [-0.25, -0.2) is 9.78 Å². The summed E-state index contributed by atoms with van der Waals surface area (Å²) < 4.78 is 5.62. The van der Waals surface area contributed by atoms with E-state index in [0.29, 0.717) is 19.0 Å². The summed E-state index contributed by atoms with van der Waals surface area (Å²) >= 11 is 5.91. The van der Waals surface area contributed by atoms with Crippen LogP contribution < -0.4 is 4.90 Å². The summed E-state index contributed by atoms with van der Waals surface area (Å²) in [5.41, 5.74) is 0.156. The first kappa shape index (κ1) is 14.1. The van der Waals surface area contributed by atoms with Crippen LogP contribution >= 0.6 is 11.6 Å². The molecule has 0 amide bonds. The molecule has 0 spiro atoms. The number of aromatic carboxylic acids is 1. The van der Waals surface area contributed by atoms with Crippen molar-refractivity contribution in [3.05, 3.63) is 22.8 Å². The number of pyridine rings is 1. The molecule has 1 aromatic rings. The number of ether oxygens (including phenoxy) is 1. The molecule has 6 heteroatoms. The van der Waals surface area contributed by atoms with Gasteiger partial charge in [0.2, 0.25) is 0 Å². The molecule has 1 fully saturated rings. The molecule has 0 aliphatic carbocycles. The average Bonchev–Trinajstić information content (AvgIpc) is 2.37. The van der Waals surface area contributed by atoms with Gasteiger partial charge in [0.15, 0.2) is 0 Å². The third-order valence-corrected chi connectivity index (χ3v) is 3.45. The number of morpholine rings is 1. The zero-order chi connectivity index (χ0) is 14.0. The third-order valence-electron chi connectivity index (χ3n) is 3.26. The lowest BCUT2D eigenvalue weighted by Crippen LogP contribution is -2.49. The first-order chi connectivity index (χ1) is 9.01. The van der Waals surface area contributed by atoms with Gasteiger partial charge in [-0.3, -0.25) is 0 Å². The molecule has 5 nitrogen and oxygen atoms in total. The third kappa shape index (κ3) is 3.16. The van der Waals surface area contributed by atoms with Gasteiger partial charge in [0.05, 0.1) is 24.3 Å². The molecule has 1 aliphatic rings. The lowest BCUT2D eigenvalue weighted by atomic mass is 10.1. The molecule has 19 heavy (non-hydrogen) atoms. The largest absolute Gasteiger partial charge is 0.478 e. The highest BCUT2D eigenvalue weighted by Crippen LogP contribution is 2.24. The lowest BCUT2D eigenvalue weighted by Gasteiger charge is -2.39. The number of aromatic nitrogens is 1. The summed E-state index contributed by atoms with van der Waals surface area (Å²) in [6.07, 6.45) is 1.00. The lowest BCUT2D eigenvalue weighted by molar-refractivity contribution is 0.0296. The molecule has 1 aliphatic heterocycles. The van der Waals surface area contributed by atoms with E-state index in [1.165, 1.54) is 6.07 Å². The Bertz CT molecular complexity index is 481. The van der Waals surface area contributed by atoms with Crippen molar-refractivity contribution in [2.75, 3.05) is 18.1 Å². The van der Waals surface area contributed by atoms with Gasteiger partial charge in [0.1, 0.15) is 11.0 Å². The van der Waals surface area contributed by atoms with Gasteiger partial charge in [-0.05, 0) is 25.5 Å². The summed E-state index contributed by atoms with van der Waals surface area (Å²) in [7, 11) is 0. The quantitative estimate of drug-likeness (QED) is 0.864. The summed E-state index contributed by atoms with van der Waals surface area (Å²) in [5.74, 6) is -0.396. The summed E-state index contributed by atoms with van der Waals surface area (Å²) in [4.78, 5) is 17.4. The van der Waals surface area contributed by atoms with Crippen LogP contribution in [0, 0.1) is 0 Å². The van der Waals surface area contributed by atoms with Crippen molar-refractivity contribution in [1.29, 1.82) is 0 Å². The topological polar surface area (TPSA) is 62.7 Å². The molecule has 0 bridgehead atoms. The molecule has 1 saturated heterocycles. The minimum absolute atomic E-state index is 0.0943. The van der Waals surface area contributed by atoms with E-state index in [4.69, 9.17) is 21.4 Å². The number of anilines is 1. The van der Waals surface area contributed by atoms with Crippen LogP contribution in [0.15, 0.2) is 12.1 Å². The molecule has 0 radical (unpaired) electrons. The molecule has 2 unspecified atom stereocenters. The molecular formula is C13H17ClN2O3. The second kappa shape index (κ2) is 5.75. The molecule has 0 aromatic carbocycles. The number of halogens is 1. The number of hydrogen-bond acceptors (Lipinski definition) is 4. The number of carboxylic acids is 1. The molecule has 2 heterocycles. The Morgan fingerprint density at radius 1 is 1.63 bits per heavy atom. The Labute approximate surface area is 117 Å². The van der Waals surface area contributed by atoms with E-state index in [0.717, 1.165) is 6.42 Å². The van der Waals surface area contributed by atoms with Crippen LogP contribution in [-0.2, 0) is 4.74 Å². The van der Waals surface area contributed by atoms with Crippen LogP contribution in [0.5, 0.6) is 0 Å². The van der Waals surface area contributed by atoms with Gasteiger partial charge in [0.25, 0.3) is 0 Å². The first-order valence-electron chi connectivity index (χ1n) is 6.30. The van der Waals surface area contributed by atoms with Crippen molar-refractivity contribution in [3.63, 3.8) is 0 Å². The van der Waals surface area contributed by atoms with E-state index in [-0.39, 0.29) is 22.9 Å². The first-order valence-corrected chi connectivity index (χ1v) is 6.68. The minimum Gasteiger partial charge on any atom is -0.478 e. The highest BCUT2D eigenvalue weighted by Gasteiger charge is 2.27. The van der Waals surface area contributed by atoms with Crippen molar-refractivity contribution in [2.24, 2.45) is 0 Å². The molecular weight excluding hydrogens is 268 g/mol. The number of carboxylic acid groups (broad SMARTS) is 1. The zero-order valence-electron chi connectivity index (χ0n) is 11.0. The van der Waals surface area contributed by atoms with Gasteiger partial charge in [0, 0.05) is 6.54 Å². The second-order valence-electron chi connectivity index (χ2n) is 4.70. The normalized spacial score (nSPS) is 23.4. The standard InChI is InChI=1S/C13H17ClN2O3/c1-3-10-7-19-8(2)6-16(10)12-5-9(13(17)18)4-11(14)15-12/h4-5,8,10H,3,6-7H2,1-2H3,(H,17,18). The minimum atomic E-state index is -1.00.